The van der Waals surface area contributed by atoms with E-state index >= 15 is 0 Å². The highest BCUT2D eigenvalue weighted by atomic mass is 35.5. The second-order valence-electron chi connectivity index (χ2n) is 4.76. The lowest BCUT2D eigenvalue weighted by atomic mass is 10.1. The number of sulfone groups is 1. The molecule has 1 unspecified atom stereocenters. The van der Waals surface area contributed by atoms with Crippen molar-refractivity contribution in [2.45, 2.75) is 36.9 Å². The predicted molar refractivity (Wildman–Crippen MR) is 68.2 cm³/mol. The maximum Gasteiger partial charge on any atom is 0.162 e. The van der Waals surface area contributed by atoms with Crippen molar-refractivity contribution in [2.24, 2.45) is 0 Å². The third-order valence-corrected chi connectivity index (χ3v) is 6.03. The van der Waals surface area contributed by atoms with Crippen molar-refractivity contribution < 1.29 is 13.2 Å². The number of thiazole rings is 1. The molecule has 1 aromatic heterocycles. The maximum atomic E-state index is 12.1. The van der Waals surface area contributed by atoms with Gasteiger partial charge in [-0.05, 0) is 20.3 Å². The summed E-state index contributed by atoms with van der Waals surface area (Å²) in [5.41, 5.74) is -0.349. The van der Waals surface area contributed by atoms with E-state index in [1.165, 1.54) is 17.5 Å². The molecule has 0 aliphatic carbocycles. The van der Waals surface area contributed by atoms with E-state index in [1.54, 1.807) is 0 Å². The molecule has 1 aliphatic rings. The lowest BCUT2D eigenvalue weighted by Crippen LogP contribution is -2.24. The van der Waals surface area contributed by atoms with Gasteiger partial charge < -0.3 is 4.74 Å². The number of aromatic nitrogens is 1. The van der Waals surface area contributed by atoms with Crippen LogP contribution >= 0.6 is 22.9 Å². The molecule has 0 saturated carbocycles. The highest BCUT2D eigenvalue weighted by molar-refractivity contribution is 7.91. The van der Waals surface area contributed by atoms with E-state index in [-0.39, 0.29) is 18.0 Å². The lowest BCUT2D eigenvalue weighted by Gasteiger charge is -2.15. The van der Waals surface area contributed by atoms with Crippen LogP contribution < -0.4 is 0 Å². The Labute approximate surface area is 110 Å². The van der Waals surface area contributed by atoms with E-state index in [0.717, 1.165) is 0 Å². The molecule has 0 spiro atoms. The molecule has 4 nitrogen and oxygen atoms in total. The Balaban J connectivity index is 2.10. The third-order valence-electron chi connectivity index (χ3n) is 2.74. The quantitative estimate of drug-likeness (QED) is 0.858. The van der Waals surface area contributed by atoms with Crippen LogP contribution in [0.5, 0.6) is 0 Å². The van der Waals surface area contributed by atoms with Crippen LogP contribution in [0.3, 0.4) is 0 Å². The molecule has 2 heterocycles. The number of ether oxygens (including phenoxy) is 1. The summed E-state index contributed by atoms with van der Waals surface area (Å²) < 4.78 is 30.3. The number of rotatable bonds is 3. The Hall–Kier alpha value is -0.170. The van der Waals surface area contributed by atoms with Crippen LogP contribution in [0.4, 0.5) is 0 Å². The molecule has 96 valence electrons. The van der Waals surface area contributed by atoms with Crippen molar-refractivity contribution in [2.75, 3.05) is 6.61 Å². The Morgan fingerprint density at radius 3 is 2.82 bits per heavy atom. The Morgan fingerprint density at radius 2 is 2.35 bits per heavy atom. The Bertz CT molecular complexity index is 509. The summed E-state index contributed by atoms with van der Waals surface area (Å²) in [6, 6.07) is 0. The fourth-order valence-electron chi connectivity index (χ4n) is 1.86. The molecule has 1 aromatic rings. The molecule has 0 N–H and O–H groups in total. The molecule has 0 bridgehead atoms. The van der Waals surface area contributed by atoms with Gasteiger partial charge in [0.25, 0.3) is 0 Å². The Morgan fingerprint density at radius 1 is 1.65 bits per heavy atom. The minimum absolute atomic E-state index is 0.0471. The molecule has 7 heteroatoms. The average Bonchev–Trinajstić information content (AvgIpc) is 2.72. The molecule has 0 radical (unpaired) electrons. The van der Waals surface area contributed by atoms with Crippen molar-refractivity contribution >= 4 is 32.8 Å². The normalized spacial score (nSPS) is 24.1. The highest BCUT2D eigenvalue weighted by Crippen LogP contribution is 2.31. The van der Waals surface area contributed by atoms with Crippen LogP contribution in [0, 0.1) is 0 Å². The molecule has 1 atom stereocenters. The molecule has 0 amide bonds. The number of nitrogens with zero attached hydrogens (tertiary/aromatic N) is 1. The molecular weight excluding hydrogens is 282 g/mol. The first-order valence-corrected chi connectivity index (χ1v) is 8.15. The minimum Gasteiger partial charge on any atom is -0.374 e. The van der Waals surface area contributed by atoms with Gasteiger partial charge in [-0.3, -0.25) is 0 Å². The maximum absolute atomic E-state index is 12.1. The van der Waals surface area contributed by atoms with Gasteiger partial charge in [0.05, 0.1) is 23.7 Å². The minimum atomic E-state index is -3.21. The van der Waals surface area contributed by atoms with Crippen molar-refractivity contribution in [3.05, 3.63) is 15.5 Å². The lowest BCUT2D eigenvalue weighted by molar-refractivity contribution is 0.0368. The second kappa shape index (κ2) is 4.50. The SMILES string of the molecule is CC1(C)CC(S(=O)(=O)Cc2ncc(Cl)s2)CO1. The summed E-state index contributed by atoms with van der Waals surface area (Å²) in [5, 5.41) is 0.111. The average molecular weight is 296 g/mol. The number of hydrogen-bond acceptors (Lipinski definition) is 5. The summed E-state index contributed by atoms with van der Waals surface area (Å²) in [6.07, 6.45) is 2.01. The highest BCUT2D eigenvalue weighted by Gasteiger charge is 2.39. The predicted octanol–water partition coefficient (Wildman–Crippen LogP) is 2.28. The van der Waals surface area contributed by atoms with E-state index < -0.39 is 15.1 Å². The van der Waals surface area contributed by atoms with Crippen molar-refractivity contribution in [3.8, 4) is 0 Å². The molecule has 17 heavy (non-hydrogen) atoms. The van der Waals surface area contributed by atoms with E-state index in [9.17, 15) is 8.42 Å². The van der Waals surface area contributed by atoms with E-state index in [0.29, 0.717) is 15.8 Å². The van der Waals surface area contributed by atoms with Crippen molar-refractivity contribution in [1.82, 2.24) is 4.98 Å². The largest absolute Gasteiger partial charge is 0.374 e. The summed E-state index contributed by atoms with van der Waals surface area (Å²) in [7, 11) is -3.21. The van der Waals surface area contributed by atoms with Gasteiger partial charge >= 0.3 is 0 Å². The van der Waals surface area contributed by atoms with Gasteiger partial charge in [0.1, 0.15) is 15.1 Å². The van der Waals surface area contributed by atoms with Gasteiger partial charge in [0.2, 0.25) is 0 Å². The molecular formula is C10H14ClNO3S2. The molecule has 2 rings (SSSR count). The van der Waals surface area contributed by atoms with Crippen LogP contribution in [0.25, 0.3) is 0 Å². The first kappa shape index (κ1) is 13.3. The first-order valence-electron chi connectivity index (χ1n) is 5.24. The van der Waals surface area contributed by atoms with Gasteiger partial charge in [-0.2, -0.15) is 0 Å². The molecule has 1 saturated heterocycles. The van der Waals surface area contributed by atoms with Gasteiger partial charge in [-0.1, -0.05) is 11.6 Å². The molecule has 1 aliphatic heterocycles. The number of halogens is 1. The van der Waals surface area contributed by atoms with Gasteiger partial charge in [-0.25, -0.2) is 13.4 Å². The van der Waals surface area contributed by atoms with Crippen LogP contribution in [0.2, 0.25) is 4.34 Å². The van der Waals surface area contributed by atoms with Crippen LogP contribution in [-0.2, 0) is 20.3 Å². The fourth-order valence-corrected chi connectivity index (χ4v) is 4.93. The fraction of sp³-hybridized carbons (Fsp3) is 0.700. The van der Waals surface area contributed by atoms with Crippen molar-refractivity contribution in [3.63, 3.8) is 0 Å². The van der Waals surface area contributed by atoms with Gasteiger partial charge in [-0.15, -0.1) is 11.3 Å². The van der Waals surface area contributed by atoms with E-state index in [1.807, 2.05) is 13.8 Å². The topological polar surface area (TPSA) is 56.3 Å². The molecule has 0 aromatic carbocycles. The summed E-state index contributed by atoms with van der Waals surface area (Å²) in [6.45, 7) is 4.08. The van der Waals surface area contributed by atoms with Gasteiger partial charge in [0, 0.05) is 0 Å². The zero-order valence-electron chi connectivity index (χ0n) is 9.64. The summed E-state index contributed by atoms with van der Waals surface area (Å²) >= 11 is 6.94. The van der Waals surface area contributed by atoms with Crippen LogP contribution in [0.15, 0.2) is 6.20 Å². The van der Waals surface area contributed by atoms with Crippen LogP contribution in [0.1, 0.15) is 25.3 Å². The van der Waals surface area contributed by atoms with Gasteiger partial charge in [0.15, 0.2) is 9.84 Å². The summed E-state index contributed by atoms with van der Waals surface area (Å²) in [5.74, 6) is -0.0471. The molecule has 1 fully saturated rings. The zero-order valence-corrected chi connectivity index (χ0v) is 12.0. The first-order chi connectivity index (χ1) is 7.78. The van der Waals surface area contributed by atoms with Crippen LogP contribution in [-0.4, -0.2) is 30.9 Å². The van der Waals surface area contributed by atoms with Crippen molar-refractivity contribution in [1.29, 1.82) is 0 Å². The Kier molecular flexibility index (Phi) is 3.51. The third kappa shape index (κ3) is 3.19. The van der Waals surface area contributed by atoms with E-state index in [2.05, 4.69) is 4.98 Å². The monoisotopic (exact) mass is 295 g/mol. The van der Waals surface area contributed by atoms with E-state index in [4.69, 9.17) is 16.3 Å². The summed E-state index contributed by atoms with van der Waals surface area (Å²) in [4.78, 5) is 3.98. The number of hydrogen-bond donors (Lipinski definition) is 0. The zero-order chi connectivity index (χ0) is 12.7. The smallest absolute Gasteiger partial charge is 0.162 e. The standard InChI is InChI=1S/C10H14ClNO3S2/c1-10(2)3-7(5-15-10)17(13,14)6-9-12-4-8(11)16-9/h4,7H,3,5-6H2,1-2H3. The second-order valence-corrected chi connectivity index (χ2v) is 8.79.